The molecule has 0 radical (unpaired) electrons. The van der Waals surface area contributed by atoms with Crippen LogP contribution >= 0.6 is 34.7 Å². The molecule has 222 valence electrons. The first-order valence-corrected chi connectivity index (χ1v) is 16.6. The van der Waals surface area contributed by atoms with Crippen LogP contribution in [-0.4, -0.2) is 34.6 Å². The Hall–Kier alpha value is -3.86. The smallest absolute Gasteiger partial charge is 0.305 e. The standard InChI is InChI=1S/C33H26ClN3O5S2/c34-17-9-11-18(12-10-17)35-23(38)15-42-20-8-4-5-16(13-20)24-25-21-14-22(28(25)43-30-29(24)44-33(41)36-30)27-26(21)31(39)37(32(27)40)19-6-2-1-3-7-19/h1-13,21-22,24-28H,14-15H2,(H,35,38)(H,36,41)/t21-,22-,24-,25?,26?,27?,28?/m1/s1. The zero-order chi connectivity index (χ0) is 30.1. The van der Waals surface area contributed by atoms with Gasteiger partial charge in [-0.25, -0.2) is 0 Å². The topological polar surface area (TPSA) is 109 Å². The van der Waals surface area contributed by atoms with Crippen molar-refractivity contribution < 1.29 is 19.1 Å². The van der Waals surface area contributed by atoms with Crippen LogP contribution < -0.4 is 19.8 Å². The van der Waals surface area contributed by atoms with Crippen molar-refractivity contribution in [3.63, 3.8) is 0 Å². The number of benzene rings is 3. The quantitative estimate of drug-likeness (QED) is 0.258. The Kier molecular flexibility index (Phi) is 6.69. The fraction of sp³-hybridized carbons (Fsp3) is 0.273. The van der Waals surface area contributed by atoms with Gasteiger partial charge in [-0.05, 0) is 78.3 Å². The van der Waals surface area contributed by atoms with E-state index in [-0.39, 0.29) is 70.0 Å². The molecule has 4 aliphatic rings. The van der Waals surface area contributed by atoms with Gasteiger partial charge in [0, 0.05) is 26.8 Å². The van der Waals surface area contributed by atoms with Gasteiger partial charge in [-0.15, -0.1) is 11.8 Å². The number of H-pyrrole nitrogens is 1. The molecular weight excluding hydrogens is 618 g/mol. The highest BCUT2D eigenvalue weighted by Gasteiger charge is 2.69. The number of hydrogen-bond acceptors (Lipinski definition) is 7. The van der Waals surface area contributed by atoms with E-state index in [2.05, 4.69) is 10.3 Å². The molecule has 3 aromatic carbocycles. The summed E-state index contributed by atoms with van der Waals surface area (Å²) >= 11 is 8.81. The first kappa shape index (κ1) is 27.7. The normalized spacial score (nSPS) is 28.0. The number of imide groups is 1. The maximum atomic E-state index is 13.9. The Morgan fingerprint density at radius 1 is 0.955 bits per heavy atom. The summed E-state index contributed by atoms with van der Waals surface area (Å²) in [6.45, 7) is -0.179. The lowest BCUT2D eigenvalue weighted by Crippen LogP contribution is -2.42. The molecule has 1 saturated heterocycles. The molecule has 2 N–H and O–H groups in total. The van der Waals surface area contributed by atoms with Crippen molar-refractivity contribution in [1.29, 1.82) is 0 Å². The number of rotatable bonds is 6. The molecular formula is C33H26ClN3O5S2. The van der Waals surface area contributed by atoms with Crippen molar-refractivity contribution in [3.8, 4) is 5.75 Å². The van der Waals surface area contributed by atoms with Crippen molar-refractivity contribution in [2.45, 2.75) is 22.6 Å². The molecule has 8 rings (SSSR count). The molecule has 2 saturated carbocycles. The average Bonchev–Trinajstić information content (AvgIpc) is 3.76. The summed E-state index contributed by atoms with van der Waals surface area (Å²) in [5.41, 5.74) is 2.21. The number of aromatic amines is 1. The van der Waals surface area contributed by atoms with E-state index in [0.29, 0.717) is 22.1 Å². The molecule has 4 aromatic rings. The maximum Gasteiger partial charge on any atom is 0.305 e. The number of anilines is 2. The van der Waals surface area contributed by atoms with E-state index in [1.54, 1.807) is 36.0 Å². The monoisotopic (exact) mass is 643 g/mol. The fourth-order valence-corrected chi connectivity index (χ4v) is 10.9. The van der Waals surface area contributed by atoms with Gasteiger partial charge in [0.1, 0.15) is 5.75 Å². The minimum absolute atomic E-state index is 0.0118. The van der Waals surface area contributed by atoms with E-state index in [1.807, 2.05) is 54.6 Å². The van der Waals surface area contributed by atoms with Gasteiger partial charge in [0.05, 0.1) is 22.5 Å². The molecule has 2 bridgehead atoms. The van der Waals surface area contributed by atoms with Gasteiger partial charge >= 0.3 is 4.87 Å². The Balaban J connectivity index is 1.09. The van der Waals surface area contributed by atoms with Crippen LogP contribution in [0.3, 0.4) is 0 Å². The van der Waals surface area contributed by atoms with Crippen molar-refractivity contribution in [2.24, 2.45) is 29.6 Å². The van der Waals surface area contributed by atoms with E-state index in [1.165, 1.54) is 16.2 Å². The van der Waals surface area contributed by atoms with Crippen LogP contribution in [0.2, 0.25) is 5.02 Å². The minimum atomic E-state index is -0.370. The van der Waals surface area contributed by atoms with Crippen LogP contribution in [0.4, 0.5) is 11.4 Å². The van der Waals surface area contributed by atoms with Crippen LogP contribution in [0.1, 0.15) is 22.8 Å². The maximum absolute atomic E-state index is 13.9. The van der Waals surface area contributed by atoms with Crippen molar-refractivity contribution in [2.75, 3.05) is 16.8 Å². The van der Waals surface area contributed by atoms with Crippen LogP contribution in [0.25, 0.3) is 0 Å². The molecule has 4 unspecified atom stereocenters. The number of para-hydroxylation sites is 1. The van der Waals surface area contributed by atoms with Gasteiger partial charge in [0.25, 0.3) is 5.91 Å². The highest BCUT2D eigenvalue weighted by Crippen LogP contribution is 2.68. The van der Waals surface area contributed by atoms with Gasteiger partial charge < -0.3 is 15.0 Å². The van der Waals surface area contributed by atoms with Crippen LogP contribution in [0.15, 0.2) is 88.7 Å². The van der Waals surface area contributed by atoms with Crippen LogP contribution in [-0.2, 0) is 14.4 Å². The number of aromatic nitrogens is 1. The third kappa shape index (κ3) is 4.42. The second-order valence-electron chi connectivity index (χ2n) is 11.7. The number of halogens is 1. The molecule has 0 spiro atoms. The first-order chi connectivity index (χ1) is 21.4. The zero-order valence-corrected chi connectivity index (χ0v) is 25.5. The summed E-state index contributed by atoms with van der Waals surface area (Å²) in [5.74, 6) is -0.715. The Morgan fingerprint density at radius 3 is 2.48 bits per heavy atom. The van der Waals surface area contributed by atoms with E-state index in [0.717, 1.165) is 21.9 Å². The van der Waals surface area contributed by atoms with Crippen molar-refractivity contribution in [1.82, 2.24) is 4.98 Å². The number of nitrogens with one attached hydrogen (secondary N) is 2. The van der Waals surface area contributed by atoms with Gasteiger partial charge in [-0.2, -0.15) is 0 Å². The molecule has 8 nitrogen and oxygen atoms in total. The highest BCUT2D eigenvalue weighted by atomic mass is 35.5. The lowest BCUT2D eigenvalue weighted by atomic mass is 9.68. The number of carbonyl (C=O) groups is 3. The van der Waals surface area contributed by atoms with Gasteiger partial charge in [0.2, 0.25) is 11.8 Å². The Labute approximate surface area is 265 Å². The summed E-state index contributed by atoms with van der Waals surface area (Å²) in [6.07, 6.45) is 0.814. The lowest BCUT2D eigenvalue weighted by molar-refractivity contribution is -0.123. The third-order valence-electron chi connectivity index (χ3n) is 9.45. The van der Waals surface area contributed by atoms with E-state index >= 15 is 0 Å². The lowest BCUT2D eigenvalue weighted by Gasteiger charge is -2.43. The molecule has 2 aliphatic carbocycles. The van der Waals surface area contributed by atoms with E-state index < -0.39 is 0 Å². The molecule has 7 atom stereocenters. The van der Waals surface area contributed by atoms with Gasteiger partial charge in [-0.3, -0.25) is 24.1 Å². The summed E-state index contributed by atoms with van der Waals surface area (Å²) in [6, 6.07) is 23.7. The number of carbonyl (C=O) groups excluding carboxylic acids is 3. The van der Waals surface area contributed by atoms with Crippen LogP contribution in [0, 0.1) is 29.6 Å². The number of thioether (sulfide) groups is 1. The third-order valence-corrected chi connectivity index (χ3v) is 12.3. The van der Waals surface area contributed by atoms with Gasteiger partial charge in [0.15, 0.2) is 6.61 Å². The largest absolute Gasteiger partial charge is 0.484 e. The van der Waals surface area contributed by atoms with Crippen molar-refractivity contribution in [3.05, 3.63) is 104 Å². The summed E-state index contributed by atoms with van der Waals surface area (Å²) < 4.78 is 5.91. The number of ether oxygens (including phenoxy) is 1. The number of amides is 3. The molecule has 44 heavy (non-hydrogen) atoms. The fourth-order valence-electron chi connectivity index (χ4n) is 7.90. The summed E-state index contributed by atoms with van der Waals surface area (Å²) in [4.78, 5) is 58.1. The number of hydrogen-bond donors (Lipinski definition) is 2. The second-order valence-corrected chi connectivity index (χ2v) is 14.4. The first-order valence-electron chi connectivity index (χ1n) is 14.5. The molecule has 3 fully saturated rings. The molecule has 1 aromatic heterocycles. The van der Waals surface area contributed by atoms with Crippen molar-refractivity contribution >= 4 is 63.8 Å². The molecule has 2 aliphatic heterocycles. The molecule has 3 amide bonds. The predicted octanol–water partition coefficient (Wildman–Crippen LogP) is 5.79. The number of thiazole rings is 1. The number of fused-ring (bicyclic) bond motifs is 9. The summed E-state index contributed by atoms with van der Waals surface area (Å²) in [7, 11) is 0. The minimum Gasteiger partial charge on any atom is -0.484 e. The highest BCUT2D eigenvalue weighted by molar-refractivity contribution is 8.00. The van der Waals surface area contributed by atoms with E-state index in [4.69, 9.17) is 16.3 Å². The summed E-state index contributed by atoms with van der Waals surface area (Å²) in [5, 5.41) is 4.32. The van der Waals surface area contributed by atoms with E-state index in [9.17, 15) is 19.2 Å². The van der Waals surface area contributed by atoms with Crippen LogP contribution in [0.5, 0.6) is 5.75 Å². The Bertz CT molecular complexity index is 1860. The zero-order valence-electron chi connectivity index (χ0n) is 23.1. The SMILES string of the molecule is O=C(COc1cccc([C@H]2c3sc(=O)[nH]c3SC3C2[C@H]2C[C@@H]3C3C(=O)N(c4ccccc4)C(=O)C32)c1)Nc1ccc(Cl)cc1. The molecule has 11 heteroatoms. The number of nitrogens with zero attached hydrogens (tertiary/aromatic N) is 1. The average molecular weight is 644 g/mol. The van der Waals surface area contributed by atoms with Gasteiger partial charge in [-0.1, -0.05) is 53.3 Å². The molecule has 3 heterocycles. The second kappa shape index (κ2) is 10.6. The Morgan fingerprint density at radius 2 is 1.70 bits per heavy atom. The predicted molar refractivity (Wildman–Crippen MR) is 169 cm³/mol.